The van der Waals surface area contributed by atoms with E-state index < -0.39 is 0 Å². The standard InChI is InChI=1S/C15H33N3O/c1-4-19-13-5-8-16-9-12-18-10-6-15(7-11-18)14-17(2)3/h15-16H,4-14H2,1-3H3. The highest BCUT2D eigenvalue weighted by atomic mass is 16.5. The minimum Gasteiger partial charge on any atom is -0.382 e. The first-order chi connectivity index (χ1) is 9.22. The summed E-state index contributed by atoms with van der Waals surface area (Å²) >= 11 is 0. The van der Waals surface area contributed by atoms with Crippen LogP contribution in [0.25, 0.3) is 0 Å². The summed E-state index contributed by atoms with van der Waals surface area (Å²) in [7, 11) is 4.36. The van der Waals surface area contributed by atoms with Gasteiger partial charge in [-0.1, -0.05) is 0 Å². The van der Waals surface area contributed by atoms with Crippen LogP contribution in [-0.2, 0) is 4.74 Å². The molecule has 19 heavy (non-hydrogen) atoms. The van der Waals surface area contributed by atoms with E-state index in [1.165, 1.54) is 39.0 Å². The summed E-state index contributed by atoms with van der Waals surface area (Å²) in [6.07, 6.45) is 3.85. The van der Waals surface area contributed by atoms with Gasteiger partial charge in [0.1, 0.15) is 0 Å². The molecule has 0 aromatic heterocycles. The average molecular weight is 271 g/mol. The lowest BCUT2D eigenvalue weighted by Crippen LogP contribution is -2.40. The highest BCUT2D eigenvalue weighted by molar-refractivity contribution is 4.74. The SMILES string of the molecule is CCOCCCNCCN1CCC(CN(C)C)CC1. The third-order valence-corrected chi connectivity index (χ3v) is 3.78. The van der Waals surface area contributed by atoms with Crippen LogP contribution in [-0.4, -0.2) is 76.4 Å². The molecule has 4 heteroatoms. The Morgan fingerprint density at radius 3 is 2.58 bits per heavy atom. The van der Waals surface area contributed by atoms with Gasteiger partial charge >= 0.3 is 0 Å². The fraction of sp³-hybridized carbons (Fsp3) is 1.00. The maximum atomic E-state index is 5.32. The number of piperidine rings is 1. The van der Waals surface area contributed by atoms with Crippen LogP contribution in [0.2, 0.25) is 0 Å². The predicted octanol–water partition coefficient (Wildman–Crippen LogP) is 1.28. The van der Waals surface area contributed by atoms with E-state index in [1.807, 2.05) is 6.92 Å². The smallest absolute Gasteiger partial charge is 0.0477 e. The van der Waals surface area contributed by atoms with Crippen molar-refractivity contribution in [1.29, 1.82) is 0 Å². The van der Waals surface area contributed by atoms with Gasteiger partial charge in [0.05, 0.1) is 0 Å². The molecule has 1 aliphatic heterocycles. The Morgan fingerprint density at radius 2 is 1.95 bits per heavy atom. The Kier molecular flexibility index (Phi) is 9.43. The van der Waals surface area contributed by atoms with Crippen molar-refractivity contribution in [1.82, 2.24) is 15.1 Å². The van der Waals surface area contributed by atoms with Crippen molar-refractivity contribution in [2.75, 3.05) is 66.6 Å². The lowest BCUT2D eigenvalue weighted by molar-refractivity contribution is 0.143. The monoisotopic (exact) mass is 271 g/mol. The summed E-state index contributed by atoms with van der Waals surface area (Å²) in [5, 5.41) is 3.51. The third-order valence-electron chi connectivity index (χ3n) is 3.78. The number of hydrogen-bond donors (Lipinski definition) is 1. The van der Waals surface area contributed by atoms with Gasteiger partial charge in [-0.15, -0.1) is 0 Å². The van der Waals surface area contributed by atoms with Crippen LogP contribution in [0.1, 0.15) is 26.2 Å². The predicted molar refractivity (Wildman–Crippen MR) is 81.7 cm³/mol. The van der Waals surface area contributed by atoms with Crippen LogP contribution in [0.5, 0.6) is 0 Å². The Morgan fingerprint density at radius 1 is 1.21 bits per heavy atom. The second-order valence-corrected chi connectivity index (χ2v) is 5.85. The summed E-state index contributed by atoms with van der Waals surface area (Å²) < 4.78 is 5.32. The van der Waals surface area contributed by atoms with Gasteiger partial charge in [0.2, 0.25) is 0 Å². The van der Waals surface area contributed by atoms with E-state index in [1.54, 1.807) is 0 Å². The molecule has 0 bridgehead atoms. The Labute approximate surface area is 119 Å². The van der Waals surface area contributed by atoms with E-state index in [-0.39, 0.29) is 0 Å². The maximum absolute atomic E-state index is 5.32. The first kappa shape index (κ1) is 16.9. The maximum Gasteiger partial charge on any atom is 0.0477 e. The molecular formula is C15H33N3O. The Hall–Kier alpha value is -0.160. The number of rotatable bonds is 10. The second kappa shape index (κ2) is 10.6. The average Bonchev–Trinajstić information content (AvgIpc) is 2.39. The van der Waals surface area contributed by atoms with Gasteiger partial charge < -0.3 is 19.9 Å². The molecule has 1 aliphatic rings. The summed E-state index contributed by atoms with van der Waals surface area (Å²) in [5.74, 6) is 0.908. The number of nitrogens with zero attached hydrogens (tertiary/aromatic N) is 2. The zero-order chi connectivity index (χ0) is 13.9. The molecule has 0 saturated carbocycles. The van der Waals surface area contributed by atoms with E-state index in [0.717, 1.165) is 38.6 Å². The largest absolute Gasteiger partial charge is 0.382 e. The summed E-state index contributed by atoms with van der Waals surface area (Å²) in [6, 6.07) is 0. The van der Waals surface area contributed by atoms with Crippen LogP contribution in [0.3, 0.4) is 0 Å². The molecule has 0 spiro atoms. The quantitative estimate of drug-likeness (QED) is 0.606. The zero-order valence-corrected chi connectivity index (χ0v) is 13.2. The number of likely N-dealkylation sites (tertiary alicyclic amines) is 1. The molecule has 0 aromatic rings. The van der Waals surface area contributed by atoms with Gasteiger partial charge in [0.15, 0.2) is 0 Å². The van der Waals surface area contributed by atoms with Gasteiger partial charge in [0, 0.05) is 32.8 Å². The van der Waals surface area contributed by atoms with E-state index in [2.05, 4.69) is 29.2 Å². The second-order valence-electron chi connectivity index (χ2n) is 5.85. The molecule has 0 amide bonds. The van der Waals surface area contributed by atoms with Crippen molar-refractivity contribution in [3.05, 3.63) is 0 Å². The molecule has 0 atom stereocenters. The third kappa shape index (κ3) is 8.58. The molecule has 1 N–H and O–H groups in total. The minimum atomic E-state index is 0.835. The highest BCUT2D eigenvalue weighted by Crippen LogP contribution is 2.17. The first-order valence-electron chi connectivity index (χ1n) is 7.88. The van der Waals surface area contributed by atoms with Gasteiger partial charge in [-0.2, -0.15) is 0 Å². The molecule has 1 heterocycles. The van der Waals surface area contributed by atoms with E-state index >= 15 is 0 Å². The number of hydrogen-bond acceptors (Lipinski definition) is 4. The summed E-state index contributed by atoms with van der Waals surface area (Å²) in [4.78, 5) is 4.92. The van der Waals surface area contributed by atoms with E-state index in [9.17, 15) is 0 Å². The lowest BCUT2D eigenvalue weighted by atomic mass is 9.96. The summed E-state index contributed by atoms with van der Waals surface area (Å²) in [5.41, 5.74) is 0. The van der Waals surface area contributed by atoms with E-state index in [0.29, 0.717) is 0 Å². The summed E-state index contributed by atoms with van der Waals surface area (Å²) in [6.45, 7) is 11.0. The molecule has 1 rings (SSSR count). The molecule has 114 valence electrons. The molecule has 1 fully saturated rings. The fourth-order valence-corrected chi connectivity index (χ4v) is 2.71. The highest BCUT2D eigenvalue weighted by Gasteiger charge is 2.18. The molecule has 4 nitrogen and oxygen atoms in total. The molecule has 1 saturated heterocycles. The van der Waals surface area contributed by atoms with Crippen molar-refractivity contribution < 1.29 is 4.74 Å². The van der Waals surface area contributed by atoms with Crippen LogP contribution >= 0.6 is 0 Å². The fourth-order valence-electron chi connectivity index (χ4n) is 2.71. The lowest BCUT2D eigenvalue weighted by Gasteiger charge is -2.33. The molecule has 0 aromatic carbocycles. The van der Waals surface area contributed by atoms with Crippen molar-refractivity contribution in [2.24, 2.45) is 5.92 Å². The van der Waals surface area contributed by atoms with Gasteiger partial charge in [0.25, 0.3) is 0 Å². The van der Waals surface area contributed by atoms with Crippen molar-refractivity contribution >= 4 is 0 Å². The van der Waals surface area contributed by atoms with Gasteiger partial charge in [-0.3, -0.25) is 0 Å². The van der Waals surface area contributed by atoms with Crippen molar-refractivity contribution in [3.8, 4) is 0 Å². The zero-order valence-electron chi connectivity index (χ0n) is 13.2. The van der Waals surface area contributed by atoms with E-state index in [4.69, 9.17) is 4.74 Å². The minimum absolute atomic E-state index is 0.835. The first-order valence-corrected chi connectivity index (χ1v) is 7.88. The van der Waals surface area contributed by atoms with Crippen molar-refractivity contribution in [2.45, 2.75) is 26.2 Å². The van der Waals surface area contributed by atoms with Gasteiger partial charge in [-0.25, -0.2) is 0 Å². The van der Waals surface area contributed by atoms with Crippen LogP contribution < -0.4 is 5.32 Å². The Balaban J connectivity index is 1.92. The molecule has 0 aliphatic carbocycles. The Bertz CT molecular complexity index is 204. The van der Waals surface area contributed by atoms with Crippen LogP contribution in [0.15, 0.2) is 0 Å². The van der Waals surface area contributed by atoms with Crippen LogP contribution in [0, 0.1) is 5.92 Å². The van der Waals surface area contributed by atoms with Crippen molar-refractivity contribution in [3.63, 3.8) is 0 Å². The number of nitrogens with one attached hydrogen (secondary N) is 1. The normalized spacial score (nSPS) is 18.3. The molecular weight excluding hydrogens is 238 g/mol. The topological polar surface area (TPSA) is 27.7 Å². The molecule has 0 radical (unpaired) electrons. The number of ether oxygens (including phenoxy) is 1. The molecule has 0 unspecified atom stereocenters. The van der Waals surface area contributed by atoms with Gasteiger partial charge in [-0.05, 0) is 65.8 Å². The van der Waals surface area contributed by atoms with Crippen LogP contribution in [0.4, 0.5) is 0 Å².